The number of benzene rings is 1. The highest BCUT2D eigenvalue weighted by molar-refractivity contribution is 6.30. The lowest BCUT2D eigenvalue weighted by molar-refractivity contribution is -0.116. The van der Waals surface area contributed by atoms with Crippen LogP contribution in [0.4, 0.5) is 10.5 Å². The monoisotopic (exact) mass is 313 g/mol. The van der Waals surface area contributed by atoms with Crippen molar-refractivity contribution in [3.05, 3.63) is 29.3 Å². The van der Waals surface area contributed by atoms with Crippen molar-refractivity contribution in [3.8, 4) is 0 Å². The number of urea groups is 1. The average Bonchev–Trinajstić information content (AvgIpc) is 2.46. The molecule has 116 valence electrons. The lowest BCUT2D eigenvalue weighted by Crippen LogP contribution is -2.37. The van der Waals surface area contributed by atoms with Crippen molar-refractivity contribution in [1.82, 2.24) is 10.6 Å². The summed E-state index contributed by atoms with van der Waals surface area (Å²) in [7, 11) is 1.57. The number of anilines is 1. The molecule has 3 N–H and O–H groups in total. The molecule has 0 radical (unpaired) electrons. The molecule has 6 nitrogen and oxygen atoms in total. The van der Waals surface area contributed by atoms with Crippen LogP contribution in [0, 0.1) is 0 Å². The van der Waals surface area contributed by atoms with Crippen LogP contribution in [-0.2, 0) is 9.53 Å². The predicted octanol–water partition coefficient (Wildman–Crippen LogP) is 2.00. The first-order valence-electron chi connectivity index (χ1n) is 6.68. The van der Waals surface area contributed by atoms with Crippen molar-refractivity contribution in [2.45, 2.75) is 12.8 Å². The van der Waals surface area contributed by atoms with Crippen molar-refractivity contribution in [3.63, 3.8) is 0 Å². The Bertz CT molecular complexity index is 451. The molecule has 0 bridgehead atoms. The van der Waals surface area contributed by atoms with E-state index in [2.05, 4.69) is 16.0 Å². The smallest absolute Gasteiger partial charge is 0.314 e. The topological polar surface area (TPSA) is 79.5 Å². The number of methoxy groups -OCH3 is 1. The predicted molar refractivity (Wildman–Crippen MR) is 82.6 cm³/mol. The van der Waals surface area contributed by atoms with Gasteiger partial charge in [-0.3, -0.25) is 4.79 Å². The van der Waals surface area contributed by atoms with Gasteiger partial charge in [-0.25, -0.2) is 4.79 Å². The van der Waals surface area contributed by atoms with Crippen molar-refractivity contribution < 1.29 is 14.3 Å². The van der Waals surface area contributed by atoms with Gasteiger partial charge in [-0.15, -0.1) is 0 Å². The zero-order chi connectivity index (χ0) is 15.5. The summed E-state index contributed by atoms with van der Waals surface area (Å²) in [4.78, 5) is 23.0. The fraction of sp³-hybridized carbons (Fsp3) is 0.429. The minimum atomic E-state index is -0.259. The number of carbonyl (C=O) groups excluding carboxylic acids is 2. The third-order valence-corrected chi connectivity index (χ3v) is 2.84. The van der Waals surface area contributed by atoms with Crippen LogP contribution >= 0.6 is 11.6 Å². The summed E-state index contributed by atoms with van der Waals surface area (Å²) in [6.45, 7) is 1.36. The third-order valence-electron chi connectivity index (χ3n) is 2.59. The zero-order valence-corrected chi connectivity index (χ0v) is 12.7. The van der Waals surface area contributed by atoms with E-state index in [4.69, 9.17) is 16.3 Å². The first-order valence-corrected chi connectivity index (χ1v) is 7.05. The maximum absolute atomic E-state index is 11.7. The van der Waals surface area contributed by atoms with Crippen LogP contribution in [-0.4, -0.2) is 38.7 Å². The first-order chi connectivity index (χ1) is 10.1. The number of amides is 3. The second-order valence-corrected chi connectivity index (χ2v) is 4.77. The maximum Gasteiger partial charge on any atom is 0.314 e. The van der Waals surface area contributed by atoms with Crippen molar-refractivity contribution in [2.75, 3.05) is 32.1 Å². The Morgan fingerprint density at radius 1 is 1.14 bits per heavy atom. The summed E-state index contributed by atoms with van der Waals surface area (Å²) in [6, 6.07) is 6.64. The van der Waals surface area contributed by atoms with E-state index >= 15 is 0 Å². The van der Waals surface area contributed by atoms with E-state index in [0.29, 0.717) is 43.2 Å². The summed E-state index contributed by atoms with van der Waals surface area (Å²) < 4.78 is 4.81. The first kappa shape index (κ1) is 17.3. The normalized spacial score (nSPS) is 10.0. The Labute approximate surface area is 129 Å². The minimum Gasteiger partial charge on any atom is -0.383 e. The highest BCUT2D eigenvalue weighted by Gasteiger charge is 2.03. The highest BCUT2D eigenvalue weighted by Crippen LogP contribution is 2.13. The molecule has 0 aliphatic rings. The largest absolute Gasteiger partial charge is 0.383 e. The number of rotatable bonds is 8. The molecule has 3 amide bonds. The van der Waals surface area contributed by atoms with E-state index in [1.54, 1.807) is 31.4 Å². The molecule has 0 saturated carbocycles. The van der Waals surface area contributed by atoms with Gasteiger partial charge in [-0.05, 0) is 30.7 Å². The standard InChI is InChI=1S/C14H20ClN3O3/c1-21-10-9-17-14(20)16-8-2-3-13(19)18-12-6-4-11(15)5-7-12/h4-7H,2-3,8-10H2,1H3,(H,18,19)(H2,16,17,20). The fourth-order valence-electron chi connectivity index (χ4n) is 1.54. The second-order valence-electron chi connectivity index (χ2n) is 4.33. The minimum absolute atomic E-state index is 0.0982. The van der Waals surface area contributed by atoms with Crippen LogP contribution in [0.5, 0.6) is 0 Å². The van der Waals surface area contributed by atoms with E-state index in [0.717, 1.165) is 0 Å². The molecule has 0 aromatic heterocycles. The molecule has 0 fully saturated rings. The Balaban J connectivity index is 2.10. The number of hydrogen-bond donors (Lipinski definition) is 3. The van der Waals surface area contributed by atoms with Gasteiger partial charge in [0.25, 0.3) is 0 Å². The molecule has 7 heteroatoms. The maximum atomic E-state index is 11.7. The Hall–Kier alpha value is -1.79. The van der Waals surface area contributed by atoms with Crippen molar-refractivity contribution >= 4 is 29.2 Å². The number of carbonyl (C=O) groups is 2. The third kappa shape index (κ3) is 8.16. The molecule has 0 spiro atoms. The van der Waals surface area contributed by atoms with Gasteiger partial charge in [0.15, 0.2) is 0 Å². The molecular formula is C14H20ClN3O3. The van der Waals surface area contributed by atoms with Crippen LogP contribution in [0.1, 0.15) is 12.8 Å². The van der Waals surface area contributed by atoms with Crippen LogP contribution in [0.25, 0.3) is 0 Å². The van der Waals surface area contributed by atoms with Crippen LogP contribution < -0.4 is 16.0 Å². The Kier molecular flexibility index (Phi) is 8.23. The zero-order valence-electron chi connectivity index (χ0n) is 11.9. The highest BCUT2D eigenvalue weighted by atomic mass is 35.5. The van der Waals surface area contributed by atoms with Gasteiger partial charge < -0.3 is 20.7 Å². The van der Waals surface area contributed by atoms with E-state index in [1.807, 2.05) is 0 Å². The van der Waals surface area contributed by atoms with Gasteiger partial charge in [-0.2, -0.15) is 0 Å². The molecule has 0 aliphatic heterocycles. The number of hydrogen-bond acceptors (Lipinski definition) is 3. The second kappa shape index (κ2) is 10.0. The summed E-state index contributed by atoms with van der Waals surface area (Å²) in [6.07, 6.45) is 0.901. The van der Waals surface area contributed by atoms with Crippen LogP contribution in [0.3, 0.4) is 0 Å². The van der Waals surface area contributed by atoms with Gasteiger partial charge >= 0.3 is 6.03 Å². The molecule has 21 heavy (non-hydrogen) atoms. The van der Waals surface area contributed by atoms with E-state index in [-0.39, 0.29) is 11.9 Å². The molecular weight excluding hydrogens is 294 g/mol. The van der Waals surface area contributed by atoms with Crippen LogP contribution in [0.15, 0.2) is 24.3 Å². The summed E-state index contributed by atoms with van der Waals surface area (Å²) in [5, 5.41) is 8.67. The van der Waals surface area contributed by atoms with E-state index < -0.39 is 0 Å². The van der Waals surface area contributed by atoms with Gasteiger partial charge in [0, 0.05) is 37.3 Å². The summed E-state index contributed by atoms with van der Waals surface area (Å²) >= 11 is 5.76. The Morgan fingerprint density at radius 2 is 1.81 bits per heavy atom. The Morgan fingerprint density at radius 3 is 2.48 bits per heavy atom. The number of nitrogens with one attached hydrogen (secondary N) is 3. The SMILES string of the molecule is COCCNC(=O)NCCCC(=O)Nc1ccc(Cl)cc1. The van der Waals surface area contributed by atoms with Crippen molar-refractivity contribution in [1.29, 1.82) is 0 Å². The van der Waals surface area contributed by atoms with Gasteiger partial charge in [0.05, 0.1) is 6.61 Å². The molecule has 1 aromatic carbocycles. The quantitative estimate of drug-likeness (QED) is 0.642. The van der Waals surface area contributed by atoms with Gasteiger partial charge in [0.1, 0.15) is 0 Å². The van der Waals surface area contributed by atoms with Gasteiger partial charge in [-0.1, -0.05) is 11.6 Å². The average molecular weight is 314 g/mol. The summed E-state index contributed by atoms with van der Waals surface area (Å²) in [5.41, 5.74) is 0.703. The molecule has 0 heterocycles. The lowest BCUT2D eigenvalue weighted by atomic mass is 10.2. The van der Waals surface area contributed by atoms with Crippen molar-refractivity contribution in [2.24, 2.45) is 0 Å². The molecule has 1 aromatic rings. The molecule has 1 rings (SSSR count). The van der Waals surface area contributed by atoms with Gasteiger partial charge in [0.2, 0.25) is 5.91 Å². The molecule has 0 saturated heterocycles. The number of ether oxygens (including phenoxy) is 1. The van der Waals surface area contributed by atoms with E-state index in [1.165, 1.54) is 0 Å². The molecule has 0 unspecified atom stereocenters. The molecule has 0 aliphatic carbocycles. The lowest BCUT2D eigenvalue weighted by Gasteiger charge is -2.07. The summed E-state index contributed by atoms with van der Waals surface area (Å²) in [5.74, 6) is -0.0982. The van der Waals surface area contributed by atoms with E-state index in [9.17, 15) is 9.59 Å². The molecule has 0 atom stereocenters. The van der Waals surface area contributed by atoms with Crippen LogP contribution in [0.2, 0.25) is 5.02 Å². The number of halogens is 1. The fourth-order valence-corrected chi connectivity index (χ4v) is 1.66.